The van der Waals surface area contributed by atoms with E-state index < -0.39 is 0 Å². The van der Waals surface area contributed by atoms with Crippen LogP contribution in [-0.4, -0.2) is 25.5 Å². The van der Waals surface area contributed by atoms with Gasteiger partial charge in [0, 0.05) is 19.5 Å². The lowest BCUT2D eigenvalue weighted by Gasteiger charge is -2.08. The molecule has 0 aliphatic rings. The summed E-state index contributed by atoms with van der Waals surface area (Å²) in [6.07, 6.45) is 3.05. The summed E-state index contributed by atoms with van der Waals surface area (Å²) >= 11 is 0. The molecule has 0 unspecified atom stereocenters. The highest BCUT2D eigenvalue weighted by Gasteiger charge is 2.01. The molecule has 0 radical (unpaired) electrons. The summed E-state index contributed by atoms with van der Waals surface area (Å²) in [5, 5.41) is 6.21. The molecule has 0 aromatic heterocycles. The fourth-order valence-corrected chi connectivity index (χ4v) is 1.37. The molecule has 0 bridgehead atoms. The molecule has 96 valence electrons. The Bertz CT molecular complexity index is 179. The molecular weight excluding hydrogens is 200 g/mol. The Hall–Kier alpha value is -0.570. The van der Waals surface area contributed by atoms with Crippen molar-refractivity contribution in [3.63, 3.8) is 0 Å². The molecule has 3 heteroatoms. The van der Waals surface area contributed by atoms with Crippen molar-refractivity contribution >= 4 is 5.91 Å². The third-order valence-corrected chi connectivity index (χ3v) is 2.37. The van der Waals surface area contributed by atoms with Gasteiger partial charge in [0.1, 0.15) is 0 Å². The van der Waals surface area contributed by atoms with Crippen molar-refractivity contribution in [2.75, 3.05) is 19.6 Å². The lowest BCUT2D eigenvalue weighted by molar-refractivity contribution is -0.121. The van der Waals surface area contributed by atoms with Gasteiger partial charge in [-0.3, -0.25) is 4.79 Å². The smallest absolute Gasteiger partial charge is 0.221 e. The third-order valence-electron chi connectivity index (χ3n) is 2.37. The summed E-state index contributed by atoms with van der Waals surface area (Å²) in [4.78, 5) is 11.3. The van der Waals surface area contributed by atoms with Crippen LogP contribution >= 0.6 is 0 Å². The number of nitrogens with one attached hydrogen (secondary N) is 2. The highest BCUT2D eigenvalue weighted by atomic mass is 16.1. The van der Waals surface area contributed by atoms with E-state index >= 15 is 0 Å². The van der Waals surface area contributed by atoms with Gasteiger partial charge in [-0.05, 0) is 31.2 Å². The molecule has 2 N–H and O–H groups in total. The first-order valence-electron chi connectivity index (χ1n) is 6.49. The van der Waals surface area contributed by atoms with Crippen LogP contribution < -0.4 is 10.6 Å². The molecule has 0 saturated heterocycles. The molecular formula is C13H28N2O. The van der Waals surface area contributed by atoms with E-state index in [4.69, 9.17) is 0 Å². The topological polar surface area (TPSA) is 41.1 Å². The van der Waals surface area contributed by atoms with Gasteiger partial charge in [0.05, 0.1) is 0 Å². The minimum absolute atomic E-state index is 0.157. The second-order valence-corrected chi connectivity index (χ2v) is 5.23. The van der Waals surface area contributed by atoms with Gasteiger partial charge in [0.15, 0.2) is 0 Å². The van der Waals surface area contributed by atoms with E-state index in [1.54, 1.807) is 0 Å². The van der Waals surface area contributed by atoms with Gasteiger partial charge in [-0.1, -0.05) is 27.7 Å². The Morgan fingerprint density at radius 2 is 1.75 bits per heavy atom. The van der Waals surface area contributed by atoms with Crippen LogP contribution in [0, 0.1) is 11.8 Å². The molecule has 0 aliphatic carbocycles. The first kappa shape index (κ1) is 15.4. The van der Waals surface area contributed by atoms with E-state index in [2.05, 4.69) is 38.3 Å². The second kappa shape index (κ2) is 9.64. The highest BCUT2D eigenvalue weighted by Crippen LogP contribution is 2.01. The Morgan fingerprint density at radius 1 is 1.06 bits per heavy atom. The van der Waals surface area contributed by atoms with Crippen molar-refractivity contribution in [3.05, 3.63) is 0 Å². The maximum absolute atomic E-state index is 11.3. The van der Waals surface area contributed by atoms with Gasteiger partial charge in [-0.15, -0.1) is 0 Å². The normalized spacial score (nSPS) is 11.1. The van der Waals surface area contributed by atoms with Crippen LogP contribution in [0.3, 0.4) is 0 Å². The van der Waals surface area contributed by atoms with Crippen molar-refractivity contribution in [2.45, 2.75) is 47.0 Å². The molecule has 0 aliphatic heterocycles. The van der Waals surface area contributed by atoms with E-state index in [0.717, 1.165) is 25.6 Å². The number of hydrogen-bond acceptors (Lipinski definition) is 2. The fraction of sp³-hybridized carbons (Fsp3) is 0.923. The van der Waals surface area contributed by atoms with Crippen molar-refractivity contribution in [1.82, 2.24) is 10.6 Å². The molecule has 0 fully saturated rings. The maximum Gasteiger partial charge on any atom is 0.221 e. The highest BCUT2D eigenvalue weighted by molar-refractivity contribution is 5.76. The zero-order chi connectivity index (χ0) is 12.4. The number of amides is 1. The molecule has 0 aromatic rings. The molecule has 0 heterocycles. The molecule has 0 rings (SSSR count). The molecule has 1 amide bonds. The summed E-state index contributed by atoms with van der Waals surface area (Å²) in [7, 11) is 0. The van der Waals surface area contributed by atoms with E-state index in [1.807, 2.05) is 0 Å². The lowest BCUT2D eigenvalue weighted by Crippen LogP contribution is -2.30. The van der Waals surface area contributed by atoms with E-state index in [0.29, 0.717) is 12.3 Å². The zero-order valence-corrected chi connectivity index (χ0v) is 11.3. The molecule has 0 saturated carbocycles. The van der Waals surface area contributed by atoms with E-state index in [9.17, 15) is 4.79 Å². The van der Waals surface area contributed by atoms with Gasteiger partial charge in [0.2, 0.25) is 5.91 Å². The largest absolute Gasteiger partial charge is 0.356 e. The first-order chi connectivity index (χ1) is 7.52. The average molecular weight is 228 g/mol. The van der Waals surface area contributed by atoms with Crippen LogP contribution in [-0.2, 0) is 4.79 Å². The lowest BCUT2D eigenvalue weighted by atomic mass is 10.1. The van der Waals surface area contributed by atoms with Crippen LogP contribution in [0.15, 0.2) is 0 Å². The summed E-state index contributed by atoms with van der Waals surface area (Å²) in [6.45, 7) is 11.3. The summed E-state index contributed by atoms with van der Waals surface area (Å²) in [6, 6.07) is 0. The number of carbonyl (C=O) groups excluding carboxylic acids is 1. The number of hydrogen-bond donors (Lipinski definition) is 2. The van der Waals surface area contributed by atoms with Crippen LogP contribution in [0.5, 0.6) is 0 Å². The van der Waals surface area contributed by atoms with E-state index in [-0.39, 0.29) is 5.91 Å². The van der Waals surface area contributed by atoms with Crippen molar-refractivity contribution in [3.8, 4) is 0 Å². The molecule has 0 aromatic carbocycles. The molecule has 0 atom stereocenters. The number of rotatable bonds is 9. The number of carbonyl (C=O) groups is 1. The maximum atomic E-state index is 11.3. The van der Waals surface area contributed by atoms with Crippen LogP contribution in [0.25, 0.3) is 0 Å². The molecule has 3 nitrogen and oxygen atoms in total. The van der Waals surface area contributed by atoms with Crippen LogP contribution in [0.4, 0.5) is 0 Å². The quantitative estimate of drug-likeness (QED) is 0.594. The molecule has 16 heavy (non-hydrogen) atoms. The monoisotopic (exact) mass is 228 g/mol. The van der Waals surface area contributed by atoms with Crippen LogP contribution in [0.2, 0.25) is 0 Å². The van der Waals surface area contributed by atoms with E-state index in [1.165, 1.54) is 12.8 Å². The first-order valence-corrected chi connectivity index (χ1v) is 6.49. The van der Waals surface area contributed by atoms with Gasteiger partial charge in [-0.25, -0.2) is 0 Å². The predicted molar refractivity (Wildman–Crippen MR) is 69.4 cm³/mol. The Balaban J connectivity index is 3.21. The Labute approximate surface area is 100 Å². The Kier molecular flexibility index (Phi) is 9.30. The Morgan fingerprint density at radius 3 is 2.31 bits per heavy atom. The summed E-state index contributed by atoms with van der Waals surface area (Å²) in [5.74, 6) is 1.46. The fourth-order valence-electron chi connectivity index (χ4n) is 1.37. The summed E-state index contributed by atoms with van der Waals surface area (Å²) < 4.78 is 0. The van der Waals surface area contributed by atoms with Crippen LogP contribution in [0.1, 0.15) is 47.0 Å². The third kappa shape index (κ3) is 11.5. The molecule has 0 spiro atoms. The van der Waals surface area contributed by atoms with Crippen molar-refractivity contribution < 1.29 is 4.79 Å². The average Bonchev–Trinajstić information content (AvgIpc) is 2.19. The predicted octanol–water partition coefficient (Wildman–Crippen LogP) is 2.17. The summed E-state index contributed by atoms with van der Waals surface area (Å²) in [5.41, 5.74) is 0. The van der Waals surface area contributed by atoms with Crippen molar-refractivity contribution in [1.29, 1.82) is 0 Å². The SMILES string of the molecule is CC(C)CCCNCCC(=O)NCC(C)C. The minimum atomic E-state index is 0.157. The van der Waals surface area contributed by atoms with Crippen molar-refractivity contribution in [2.24, 2.45) is 11.8 Å². The standard InChI is InChI=1S/C13H28N2O/c1-11(2)6-5-8-14-9-7-13(16)15-10-12(3)4/h11-12,14H,5-10H2,1-4H3,(H,15,16). The second-order valence-electron chi connectivity index (χ2n) is 5.23. The van der Waals surface area contributed by atoms with Gasteiger partial charge in [-0.2, -0.15) is 0 Å². The van der Waals surface area contributed by atoms with Gasteiger partial charge >= 0.3 is 0 Å². The van der Waals surface area contributed by atoms with Gasteiger partial charge < -0.3 is 10.6 Å². The zero-order valence-electron chi connectivity index (χ0n) is 11.3. The minimum Gasteiger partial charge on any atom is -0.356 e. The van der Waals surface area contributed by atoms with Gasteiger partial charge in [0.25, 0.3) is 0 Å².